The lowest BCUT2D eigenvalue weighted by Gasteiger charge is -2.22. The summed E-state index contributed by atoms with van der Waals surface area (Å²) in [5, 5.41) is 3.95. The van der Waals surface area contributed by atoms with Gasteiger partial charge in [0.2, 0.25) is 0 Å². The molecule has 1 aliphatic heterocycles. The van der Waals surface area contributed by atoms with Crippen LogP contribution in [0.4, 0.5) is 0 Å². The fourth-order valence-corrected chi connectivity index (χ4v) is 4.24. The van der Waals surface area contributed by atoms with Crippen LogP contribution in [0.15, 0.2) is 0 Å². The lowest BCUT2D eigenvalue weighted by atomic mass is 10.2. The standard InChI is InChI=1S/C13H27NO2S/c1-5-7-14-10(2)9-11(3)17(15)13-6-8-16-12(13)4/h10-14H,5-9H2,1-4H3. The first-order valence-electron chi connectivity index (χ1n) is 6.80. The molecule has 1 heterocycles. The minimum atomic E-state index is -0.761. The molecule has 0 spiro atoms. The summed E-state index contributed by atoms with van der Waals surface area (Å²) in [5.74, 6) is 0. The SMILES string of the molecule is CCCNC(C)CC(C)S(=O)C1CCOC1C. The zero-order valence-corrected chi connectivity index (χ0v) is 12.4. The fourth-order valence-electron chi connectivity index (χ4n) is 2.38. The van der Waals surface area contributed by atoms with Crippen molar-refractivity contribution >= 4 is 10.8 Å². The second-order valence-corrected chi connectivity index (χ2v) is 7.20. The summed E-state index contributed by atoms with van der Waals surface area (Å²) in [6, 6.07) is 0.450. The Morgan fingerprint density at radius 3 is 2.71 bits per heavy atom. The third-order valence-corrected chi connectivity index (χ3v) is 5.63. The molecule has 1 rings (SSSR count). The van der Waals surface area contributed by atoms with Crippen molar-refractivity contribution in [2.75, 3.05) is 13.2 Å². The third-order valence-electron chi connectivity index (χ3n) is 3.43. The summed E-state index contributed by atoms with van der Waals surface area (Å²) < 4.78 is 17.9. The van der Waals surface area contributed by atoms with Gasteiger partial charge in [0.1, 0.15) is 0 Å². The second kappa shape index (κ2) is 7.49. The van der Waals surface area contributed by atoms with Crippen LogP contribution < -0.4 is 5.32 Å². The van der Waals surface area contributed by atoms with Crippen LogP contribution in [-0.2, 0) is 15.5 Å². The van der Waals surface area contributed by atoms with E-state index < -0.39 is 10.8 Å². The predicted molar refractivity (Wildman–Crippen MR) is 73.8 cm³/mol. The van der Waals surface area contributed by atoms with E-state index in [0.717, 1.165) is 32.4 Å². The predicted octanol–water partition coefficient (Wildman–Crippen LogP) is 2.08. The molecule has 0 aromatic rings. The van der Waals surface area contributed by atoms with Crippen molar-refractivity contribution in [1.82, 2.24) is 5.32 Å². The number of rotatable bonds is 7. The molecule has 0 radical (unpaired) electrons. The highest BCUT2D eigenvalue weighted by molar-refractivity contribution is 7.86. The molecule has 3 nitrogen and oxygen atoms in total. The Morgan fingerprint density at radius 2 is 2.18 bits per heavy atom. The Bertz CT molecular complexity index is 248. The van der Waals surface area contributed by atoms with Gasteiger partial charge in [-0.1, -0.05) is 13.8 Å². The van der Waals surface area contributed by atoms with Crippen molar-refractivity contribution in [1.29, 1.82) is 0 Å². The van der Waals surface area contributed by atoms with Crippen molar-refractivity contribution in [3.63, 3.8) is 0 Å². The van der Waals surface area contributed by atoms with Gasteiger partial charge in [-0.05, 0) is 39.7 Å². The van der Waals surface area contributed by atoms with Crippen molar-refractivity contribution in [2.45, 2.75) is 69.6 Å². The average molecular weight is 261 g/mol. The highest BCUT2D eigenvalue weighted by Crippen LogP contribution is 2.22. The normalized spacial score (nSPS) is 30.1. The molecule has 0 aliphatic carbocycles. The number of hydrogen-bond donors (Lipinski definition) is 1. The van der Waals surface area contributed by atoms with Crippen molar-refractivity contribution < 1.29 is 8.95 Å². The van der Waals surface area contributed by atoms with Gasteiger partial charge in [0.25, 0.3) is 0 Å². The summed E-state index contributed by atoms with van der Waals surface area (Å²) in [6.07, 6.45) is 3.25. The summed E-state index contributed by atoms with van der Waals surface area (Å²) in [5.41, 5.74) is 0. The smallest absolute Gasteiger partial charge is 0.0691 e. The van der Waals surface area contributed by atoms with Crippen LogP contribution in [0.5, 0.6) is 0 Å². The van der Waals surface area contributed by atoms with Crippen LogP contribution in [0.3, 0.4) is 0 Å². The number of hydrogen-bond acceptors (Lipinski definition) is 3. The van der Waals surface area contributed by atoms with Gasteiger partial charge in [0.15, 0.2) is 0 Å². The summed E-state index contributed by atoms with van der Waals surface area (Å²) in [6.45, 7) is 10.3. The Hall–Kier alpha value is 0.0700. The van der Waals surface area contributed by atoms with E-state index in [2.05, 4.69) is 26.1 Å². The first-order chi connectivity index (χ1) is 8.06. The quantitative estimate of drug-likeness (QED) is 0.762. The van der Waals surface area contributed by atoms with Crippen molar-refractivity contribution in [2.24, 2.45) is 0 Å². The second-order valence-electron chi connectivity index (χ2n) is 5.13. The molecule has 17 heavy (non-hydrogen) atoms. The molecule has 102 valence electrons. The topological polar surface area (TPSA) is 38.3 Å². The Kier molecular flexibility index (Phi) is 6.67. The minimum Gasteiger partial charge on any atom is -0.377 e. The molecule has 1 saturated heterocycles. The molecular formula is C13H27NO2S. The van der Waals surface area contributed by atoms with Crippen LogP contribution in [0.2, 0.25) is 0 Å². The summed E-state index contributed by atoms with van der Waals surface area (Å²) in [4.78, 5) is 0. The Balaban J connectivity index is 2.35. The maximum atomic E-state index is 12.4. The van der Waals surface area contributed by atoms with E-state index >= 15 is 0 Å². The summed E-state index contributed by atoms with van der Waals surface area (Å²) in [7, 11) is -0.761. The molecule has 0 aromatic heterocycles. The zero-order chi connectivity index (χ0) is 12.8. The van der Waals surface area contributed by atoms with Crippen molar-refractivity contribution in [3.8, 4) is 0 Å². The largest absolute Gasteiger partial charge is 0.377 e. The van der Waals surface area contributed by atoms with Gasteiger partial charge >= 0.3 is 0 Å². The molecule has 1 N–H and O–H groups in total. The maximum Gasteiger partial charge on any atom is 0.0691 e. The van der Waals surface area contributed by atoms with Gasteiger partial charge in [0.05, 0.1) is 11.4 Å². The van der Waals surface area contributed by atoms with Crippen LogP contribution in [0.25, 0.3) is 0 Å². The third kappa shape index (κ3) is 4.68. The molecule has 0 amide bonds. The Labute approximate surface area is 108 Å². The molecule has 0 aromatic carbocycles. The summed E-state index contributed by atoms with van der Waals surface area (Å²) >= 11 is 0. The molecule has 0 saturated carbocycles. The highest BCUT2D eigenvalue weighted by Gasteiger charge is 2.32. The molecule has 5 unspecified atom stereocenters. The van der Waals surface area contributed by atoms with E-state index in [1.54, 1.807) is 0 Å². The molecular weight excluding hydrogens is 234 g/mol. The molecule has 1 fully saturated rings. The number of ether oxygens (including phenoxy) is 1. The van der Waals surface area contributed by atoms with Gasteiger partial charge in [-0.2, -0.15) is 0 Å². The number of nitrogens with one attached hydrogen (secondary N) is 1. The molecule has 0 bridgehead atoms. The monoisotopic (exact) mass is 261 g/mol. The van der Waals surface area contributed by atoms with Gasteiger partial charge < -0.3 is 10.1 Å². The first kappa shape index (κ1) is 15.1. The van der Waals surface area contributed by atoms with Crippen LogP contribution in [-0.4, -0.2) is 40.0 Å². The van der Waals surface area contributed by atoms with Gasteiger partial charge in [-0.3, -0.25) is 4.21 Å². The first-order valence-corrected chi connectivity index (χ1v) is 8.08. The maximum absolute atomic E-state index is 12.4. The van der Waals surface area contributed by atoms with Crippen LogP contribution in [0.1, 0.15) is 47.0 Å². The van der Waals surface area contributed by atoms with Crippen LogP contribution >= 0.6 is 0 Å². The van der Waals surface area contributed by atoms with E-state index in [4.69, 9.17) is 4.74 Å². The fraction of sp³-hybridized carbons (Fsp3) is 1.00. The van der Waals surface area contributed by atoms with E-state index in [-0.39, 0.29) is 16.6 Å². The van der Waals surface area contributed by atoms with Gasteiger partial charge in [-0.25, -0.2) is 0 Å². The zero-order valence-electron chi connectivity index (χ0n) is 11.6. The molecule has 1 aliphatic rings. The van der Waals surface area contributed by atoms with E-state index in [0.29, 0.717) is 6.04 Å². The van der Waals surface area contributed by atoms with Gasteiger partial charge in [-0.15, -0.1) is 0 Å². The molecule has 5 atom stereocenters. The average Bonchev–Trinajstić information content (AvgIpc) is 2.71. The highest BCUT2D eigenvalue weighted by atomic mass is 32.2. The Morgan fingerprint density at radius 1 is 1.47 bits per heavy atom. The van der Waals surface area contributed by atoms with E-state index in [9.17, 15) is 4.21 Å². The lowest BCUT2D eigenvalue weighted by molar-refractivity contribution is 0.126. The van der Waals surface area contributed by atoms with Crippen LogP contribution in [0, 0.1) is 0 Å². The van der Waals surface area contributed by atoms with E-state index in [1.807, 2.05) is 6.92 Å². The van der Waals surface area contributed by atoms with E-state index in [1.165, 1.54) is 0 Å². The lowest BCUT2D eigenvalue weighted by Crippen LogP contribution is -2.35. The molecule has 4 heteroatoms. The minimum absolute atomic E-state index is 0.164. The van der Waals surface area contributed by atoms with Gasteiger partial charge in [0, 0.05) is 28.7 Å². The van der Waals surface area contributed by atoms with Crippen molar-refractivity contribution in [3.05, 3.63) is 0 Å².